The summed E-state index contributed by atoms with van der Waals surface area (Å²) in [5.74, 6) is 0. The van der Waals surface area contributed by atoms with E-state index in [0.29, 0.717) is 0 Å². The summed E-state index contributed by atoms with van der Waals surface area (Å²) in [6.45, 7) is 13.1. The van der Waals surface area contributed by atoms with Crippen molar-refractivity contribution in [3.63, 3.8) is 0 Å². The number of nitrogens with zero attached hydrogens (tertiary/aromatic N) is 2. The van der Waals surface area contributed by atoms with E-state index in [0.717, 1.165) is 6.54 Å². The van der Waals surface area contributed by atoms with Gasteiger partial charge < -0.3 is 4.90 Å². The van der Waals surface area contributed by atoms with Crippen molar-refractivity contribution in [2.24, 2.45) is 0 Å². The van der Waals surface area contributed by atoms with Crippen LogP contribution in [0.5, 0.6) is 0 Å². The quantitative estimate of drug-likeness (QED) is 0.784. The van der Waals surface area contributed by atoms with Gasteiger partial charge in [-0.15, -0.1) is 0 Å². The van der Waals surface area contributed by atoms with Crippen molar-refractivity contribution in [2.75, 3.05) is 32.7 Å². The van der Waals surface area contributed by atoms with Gasteiger partial charge >= 0.3 is 0 Å². The monoisotopic (exact) mass is 230 g/mol. The molecule has 0 unspecified atom stereocenters. The van der Waals surface area contributed by atoms with Gasteiger partial charge in [0.25, 0.3) is 0 Å². The van der Waals surface area contributed by atoms with E-state index in [-0.39, 0.29) is 0 Å². The Morgan fingerprint density at radius 1 is 1.06 bits per heavy atom. The lowest BCUT2D eigenvalue weighted by molar-refractivity contribution is 0.132. The predicted molar refractivity (Wildman–Crippen MR) is 73.9 cm³/mol. The second kappa shape index (κ2) is 5.99. The molecule has 1 saturated heterocycles. The normalized spacial score (nSPS) is 18.2. The van der Waals surface area contributed by atoms with Crippen LogP contribution in [-0.2, 0) is 6.54 Å². The molecular weight excluding hydrogens is 208 g/mol. The number of likely N-dealkylation sites (N-methyl/N-ethyl adjacent to an activating group) is 1. The molecule has 1 fully saturated rings. The lowest BCUT2D eigenvalue weighted by Gasteiger charge is -2.34. The lowest BCUT2D eigenvalue weighted by Crippen LogP contribution is -2.45. The van der Waals surface area contributed by atoms with E-state index in [9.17, 15) is 0 Å². The highest BCUT2D eigenvalue weighted by atomic mass is 15.3. The molecule has 1 aromatic rings. The van der Waals surface area contributed by atoms with Gasteiger partial charge in [-0.2, -0.15) is 0 Å². The van der Waals surface area contributed by atoms with Gasteiger partial charge in [-0.25, -0.2) is 0 Å². The maximum absolute atomic E-state index is 3.78. The van der Waals surface area contributed by atoms with E-state index in [1.807, 2.05) is 6.08 Å². The Labute approximate surface area is 105 Å². The first-order chi connectivity index (χ1) is 8.31. The zero-order chi connectivity index (χ0) is 12.1. The molecule has 17 heavy (non-hydrogen) atoms. The first-order valence-electron chi connectivity index (χ1n) is 6.48. The molecule has 0 bridgehead atoms. The largest absolute Gasteiger partial charge is 0.301 e. The van der Waals surface area contributed by atoms with Crippen LogP contribution in [0.25, 0.3) is 6.08 Å². The van der Waals surface area contributed by atoms with E-state index in [4.69, 9.17) is 0 Å². The molecule has 1 heterocycles. The molecule has 2 rings (SSSR count). The molecule has 0 N–H and O–H groups in total. The molecule has 1 aliphatic heterocycles. The Bertz CT molecular complexity index is 348. The van der Waals surface area contributed by atoms with Gasteiger partial charge in [0.15, 0.2) is 0 Å². The third-order valence-electron chi connectivity index (χ3n) is 3.53. The van der Waals surface area contributed by atoms with Gasteiger partial charge in [0.2, 0.25) is 0 Å². The Hall–Kier alpha value is -1.12. The molecule has 0 saturated carbocycles. The Morgan fingerprint density at radius 2 is 1.65 bits per heavy atom. The van der Waals surface area contributed by atoms with Crippen LogP contribution in [0, 0.1) is 0 Å². The smallest absolute Gasteiger partial charge is 0.0234 e. The van der Waals surface area contributed by atoms with Crippen molar-refractivity contribution in [1.29, 1.82) is 0 Å². The van der Waals surface area contributed by atoms with Crippen molar-refractivity contribution in [1.82, 2.24) is 9.80 Å². The van der Waals surface area contributed by atoms with Crippen LogP contribution in [0.4, 0.5) is 0 Å². The van der Waals surface area contributed by atoms with Gasteiger partial charge in [-0.1, -0.05) is 43.8 Å². The van der Waals surface area contributed by atoms with Crippen LogP contribution < -0.4 is 0 Å². The highest BCUT2D eigenvalue weighted by Crippen LogP contribution is 2.10. The average Bonchev–Trinajstić information content (AvgIpc) is 2.40. The first-order valence-corrected chi connectivity index (χ1v) is 6.48. The molecular formula is C15H22N2. The molecule has 1 aliphatic rings. The standard InChI is InChI=1S/C15H22N2/c1-3-14-5-7-15(8-6-14)13-17-11-9-16(4-2)10-12-17/h3,5-8H,1,4,9-13H2,2H3. The molecule has 0 radical (unpaired) electrons. The molecule has 1 aromatic carbocycles. The zero-order valence-electron chi connectivity index (χ0n) is 10.7. The van der Waals surface area contributed by atoms with Crippen molar-refractivity contribution >= 4 is 6.08 Å². The van der Waals surface area contributed by atoms with E-state index < -0.39 is 0 Å². The molecule has 2 heteroatoms. The van der Waals surface area contributed by atoms with Crippen LogP contribution in [0.3, 0.4) is 0 Å². The molecule has 0 aromatic heterocycles. The SMILES string of the molecule is C=Cc1ccc(CN2CCN(CC)CC2)cc1. The second-order valence-corrected chi connectivity index (χ2v) is 4.66. The van der Waals surface area contributed by atoms with Gasteiger partial charge in [0.1, 0.15) is 0 Å². The summed E-state index contributed by atoms with van der Waals surface area (Å²) < 4.78 is 0. The summed E-state index contributed by atoms with van der Waals surface area (Å²) in [6, 6.07) is 8.71. The van der Waals surface area contributed by atoms with Crippen LogP contribution in [0.1, 0.15) is 18.1 Å². The fraction of sp³-hybridized carbons (Fsp3) is 0.467. The molecule has 0 aliphatic carbocycles. The highest BCUT2D eigenvalue weighted by Gasteiger charge is 2.15. The summed E-state index contributed by atoms with van der Waals surface area (Å²) in [4.78, 5) is 5.05. The van der Waals surface area contributed by atoms with E-state index >= 15 is 0 Å². The molecule has 2 nitrogen and oxygen atoms in total. The van der Waals surface area contributed by atoms with Crippen LogP contribution >= 0.6 is 0 Å². The molecule has 0 atom stereocenters. The molecule has 0 amide bonds. The van der Waals surface area contributed by atoms with E-state index in [2.05, 4.69) is 47.6 Å². The van der Waals surface area contributed by atoms with Crippen molar-refractivity contribution in [3.05, 3.63) is 42.0 Å². The van der Waals surface area contributed by atoms with E-state index in [1.54, 1.807) is 0 Å². The minimum Gasteiger partial charge on any atom is -0.301 e. The third-order valence-corrected chi connectivity index (χ3v) is 3.53. The zero-order valence-corrected chi connectivity index (χ0v) is 10.7. The summed E-state index contributed by atoms with van der Waals surface area (Å²) >= 11 is 0. The summed E-state index contributed by atoms with van der Waals surface area (Å²) in [6.07, 6.45) is 1.89. The average molecular weight is 230 g/mol. The summed E-state index contributed by atoms with van der Waals surface area (Å²) in [5.41, 5.74) is 2.60. The number of benzene rings is 1. The number of hydrogen-bond acceptors (Lipinski definition) is 2. The minimum atomic E-state index is 1.08. The summed E-state index contributed by atoms with van der Waals surface area (Å²) in [5, 5.41) is 0. The van der Waals surface area contributed by atoms with Crippen LogP contribution in [0.2, 0.25) is 0 Å². The Balaban J connectivity index is 1.86. The minimum absolute atomic E-state index is 1.08. The maximum atomic E-state index is 3.78. The topological polar surface area (TPSA) is 6.48 Å². The highest BCUT2D eigenvalue weighted by molar-refractivity contribution is 5.47. The second-order valence-electron chi connectivity index (χ2n) is 4.66. The molecule has 92 valence electrons. The van der Waals surface area contributed by atoms with Gasteiger partial charge in [0, 0.05) is 32.7 Å². The number of hydrogen-bond donors (Lipinski definition) is 0. The lowest BCUT2D eigenvalue weighted by atomic mass is 10.1. The van der Waals surface area contributed by atoms with Crippen molar-refractivity contribution in [2.45, 2.75) is 13.5 Å². The van der Waals surface area contributed by atoms with Crippen molar-refractivity contribution in [3.8, 4) is 0 Å². The third kappa shape index (κ3) is 3.42. The molecule has 0 spiro atoms. The summed E-state index contributed by atoms with van der Waals surface area (Å²) in [7, 11) is 0. The van der Waals surface area contributed by atoms with Gasteiger partial charge in [0.05, 0.1) is 0 Å². The van der Waals surface area contributed by atoms with Crippen LogP contribution in [0.15, 0.2) is 30.8 Å². The Kier molecular flexibility index (Phi) is 4.35. The fourth-order valence-corrected chi connectivity index (χ4v) is 2.28. The number of piperazine rings is 1. The predicted octanol–water partition coefficient (Wildman–Crippen LogP) is 2.47. The maximum Gasteiger partial charge on any atom is 0.0234 e. The number of rotatable bonds is 4. The van der Waals surface area contributed by atoms with Crippen molar-refractivity contribution < 1.29 is 0 Å². The Morgan fingerprint density at radius 3 is 2.18 bits per heavy atom. The van der Waals surface area contributed by atoms with Crippen LogP contribution in [-0.4, -0.2) is 42.5 Å². The van der Waals surface area contributed by atoms with Gasteiger partial charge in [-0.3, -0.25) is 4.90 Å². The van der Waals surface area contributed by atoms with Gasteiger partial charge in [-0.05, 0) is 17.7 Å². The first kappa shape index (κ1) is 12.3. The van der Waals surface area contributed by atoms with E-state index in [1.165, 1.54) is 43.9 Å². The fourth-order valence-electron chi connectivity index (χ4n) is 2.28.